The van der Waals surface area contributed by atoms with Crippen molar-refractivity contribution in [1.29, 1.82) is 0 Å². The zero-order chi connectivity index (χ0) is 14.3. The van der Waals surface area contributed by atoms with Gasteiger partial charge in [0.2, 0.25) is 0 Å². The highest BCUT2D eigenvalue weighted by atomic mass is 35.5. The number of carbonyl (C=O) groups excluding carboxylic acids is 1. The van der Waals surface area contributed by atoms with E-state index in [1.54, 1.807) is 36.0 Å². The number of urea groups is 1. The van der Waals surface area contributed by atoms with Crippen LogP contribution >= 0.6 is 23.4 Å². The third kappa shape index (κ3) is 5.72. The van der Waals surface area contributed by atoms with Crippen molar-refractivity contribution in [3.8, 4) is 0 Å². The zero-order valence-corrected chi connectivity index (χ0v) is 12.6. The zero-order valence-electron chi connectivity index (χ0n) is 11.0. The first-order valence-electron chi connectivity index (χ1n) is 6.00. The van der Waals surface area contributed by atoms with Crippen LogP contribution in [0.2, 0.25) is 5.02 Å². The van der Waals surface area contributed by atoms with Crippen LogP contribution in [-0.4, -0.2) is 35.8 Å². The molecule has 0 fully saturated rings. The van der Waals surface area contributed by atoms with Crippen LogP contribution in [0.1, 0.15) is 18.5 Å². The maximum Gasteiger partial charge on any atom is 0.315 e. The van der Waals surface area contributed by atoms with Crippen molar-refractivity contribution >= 4 is 29.4 Å². The molecule has 3 N–H and O–H groups in total. The van der Waals surface area contributed by atoms with E-state index < -0.39 is 6.04 Å². The van der Waals surface area contributed by atoms with E-state index in [-0.39, 0.29) is 12.6 Å². The van der Waals surface area contributed by atoms with Gasteiger partial charge in [-0.15, -0.1) is 0 Å². The summed E-state index contributed by atoms with van der Waals surface area (Å²) in [4.78, 5) is 11.7. The molecule has 1 rings (SSSR count). The van der Waals surface area contributed by atoms with Gasteiger partial charge in [0.15, 0.2) is 0 Å². The van der Waals surface area contributed by atoms with Crippen molar-refractivity contribution in [2.75, 3.05) is 19.4 Å². The molecule has 0 bridgehead atoms. The van der Waals surface area contributed by atoms with Crippen molar-refractivity contribution in [1.82, 2.24) is 10.6 Å². The van der Waals surface area contributed by atoms with Crippen LogP contribution in [0, 0.1) is 0 Å². The van der Waals surface area contributed by atoms with Gasteiger partial charge in [0.05, 0.1) is 12.6 Å². The van der Waals surface area contributed by atoms with Gasteiger partial charge in [-0.2, -0.15) is 11.8 Å². The Hall–Kier alpha value is -0.910. The van der Waals surface area contributed by atoms with Crippen LogP contribution < -0.4 is 10.6 Å². The van der Waals surface area contributed by atoms with E-state index in [0.717, 1.165) is 5.56 Å². The number of benzene rings is 1. The molecule has 1 aromatic carbocycles. The first kappa shape index (κ1) is 16.1. The summed E-state index contributed by atoms with van der Waals surface area (Å²) in [5.74, 6) is 0. The minimum absolute atomic E-state index is 0.160. The number of carbonyl (C=O) groups is 1. The number of nitrogens with one attached hydrogen (secondary N) is 2. The Morgan fingerprint density at radius 3 is 2.58 bits per heavy atom. The summed E-state index contributed by atoms with van der Waals surface area (Å²) in [6.45, 7) is 2.46. The molecule has 0 aromatic heterocycles. The summed E-state index contributed by atoms with van der Waals surface area (Å²) in [6, 6.07) is 6.32. The van der Waals surface area contributed by atoms with E-state index in [9.17, 15) is 9.90 Å². The van der Waals surface area contributed by atoms with Gasteiger partial charge in [-0.3, -0.25) is 0 Å². The molecule has 0 saturated heterocycles. The molecule has 6 heteroatoms. The molecule has 0 aliphatic rings. The quantitative estimate of drug-likeness (QED) is 0.756. The molecule has 2 unspecified atom stereocenters. The summed E-state index contributed by atoms with van der Waals surface area (Å²) < 4.78 is 0. The number of aliphatic hydroxyl groups excluding tert-OH is 1. The third-order valence-corrected chi connectivity index (χ3v) is 3.94. The van der Waals surface area contributed by atoms with Crippen LogP contribution in [0.3, 0.4) is 0 Å². The molecule has 106 valence electrons. The topological polar surface area (TPSA) is 61.4 Å². The first-order chi connectivity index (χ1) is 9.06. The Kier molecular flexibility index (Phi) is 7.05. The lowest BCUT2D eigenvalue weighted by atomic mass is 10.1. The highest BCUT2D eigenvalue weighted by molar-refractivity contribution is 7.99. The van der Waals surface area contributed by atoms with Crippen LogP contribution in [-0.2, 0) is 0 Å². The smallest absolute Gasteiger partial charge is 0.315 e. The van der Waals surface area contributed by atoms with Gasteiger partial charge in [0.1, 0.15) is 0 Å². The van der Waals surface area contributed by atoms with E-state index in [1.165, 1.54) is 0 Å². The second kappa shape index (κ2) is 8.30. The van der Waals surface area contributed by atoms with Gasteiger partial charge in [0, 0.05) is 16.8 Å². The predicted molar refractivity (Wildman–Crippen MR) is 80.8 cm³/mol. The van der Waals surface area contributed by atoms with Gasteiger partial charge in [0.25, 0.3) is 0 Å². The largest absolute Gasteiger partial charge is 0.394 e. The van der Waals surface area contributed by atoms with Crippen molar-refractivity contribution in [3.05, 3.63) is 34.9 Å². The van der Waals surface area contributed by atoms with Gasteiger partial charge >= 0.3 is 6.03 Å². The molecule has 2 amide bonds. The summed E-state index contributed by atoms with van der Waals surface area (Å²) in [6.07, 6.45) is 1.99. The molecule has 0 heterocycles. The number of halogens is 1. The molecule has 0 spiro atoms. The van der Waals surface area contributed by atoms with E-state index in [0.29, 0.717) is 16.8 Å². The minimum Gasteiger partial charge on any atom is -0.394 e. The summed E-state index contributed by atoms with van der Waals surface area (Å²) in [5.41, 5.74) is 0.819. The molecule has 0 radical (unpaired) electrons. The molecule has 19 heavy (non-hydrogen) atoms. The van der Waals surface area contributed by atoms with Gasteiger partial charge in [-0.25, -0.2) is 4.79 Å². The molecule has 1 aromatic rings. The normalized spacial score (nSPS) is 13.7. The number of hydrogen-bond donors (Lipinski definition) is 3. The molecular weight excluding hydrogens is 284 g/mol. The summed E-state index contributed by atoms with van der Waals surface area (Å²) in [5, 5.41) is 15.8. The average molecular weight is 303 g/mol. The molecule has 0 saturated carbocycles. The van der Waals surface area contributed by atoms with Crippen molar-refractivity contribution in [2.45, 2.75) is 18.2 Å². The van der Waals surface area contributed by atoms with Crippen LogP contribution in [0.15, 0.2) is 24.3 Å². The minimum atomic E-state index is -0.429. The SMILES string of the molecule is CSC(C)CNC(=O)NC(CO)c1ccc(Cl)cc1. The fourth-order valence-electron chi connectivity index (χ4n) is 1.46. The van der Waals surface area contributed by atoms with Crippen molar-refractivity contribution in [3.63, 3.8) is 0 Å². The highest BCUT2D eigenvalue weighted by Crippen LogP contribution is 2.16. The lowest BCUT2D eigenvalue weighted by Gasteiger charge is -2.18. The van der Waals surface area contributed by atoms with Gasteiger partial charge < -0.3 is 15.7 Å². The number of amides is 2. The van der Waals surface area contributed by atoms with E-state index in [4.69, 9.17) is 11.6 Å². The standard InChI is InChI=1S/C13H19ClN2O2S/c1-9(19-2)7-15-13(18)16-12(8-17)10-3-5-11(14)6-4-10/h3-6,9,12,17H,7-8H2,1-2H3,(H2,15,16,18). The highest BCUT2D eigenvalue weighted by Gasteiger charge is 2.13. The fourth-order valence-corrected chi connectivity index (χ4v) is 1.83. The molecule has 2 atom stereocenters. The van der Waals surface area contributed by atoms with Crippen molar-refractivity contribution in [2.24, 2.45) is 0 Å². The monoisotopic (exact) mass is 302 g/mol. The Morgan fingerprint density at radius 2 is 2.05 bits per heavy atom. The first-order valence-corrected chi connectivity index (χ1v) is 7.67. The van der Waals surface area contributed by atoms with Crippen LogP contribution in [0.4, 0.5) is 4.79 Å². The number of hydrogen-bond acceptors (Lipinski definition) is 3. The lowest BCUT2D eigenvalue weighted by molar-refractivity contribution is 0.217. The Morgan fingerprint density at radius 1 is 1.42 bits per heavy atom. The van der Waals surface area contributed by atoms with Crippen LogP contribution in [0.5, 0.6) is 0 Å². The number of rotatable bonds is 6. The molecule has 0 aliphatic carbocycles. The van der Waals surface area contributed by atoms with Crippen LogP contribution in [0.25, 0.3) is 0 Å². The average Bonchev–Trinajstić information content (AvgIpc) is 2.43. The summed E-state index contributed by atoms with van der Waals surface area (Å²) >= 11 is 7.48. The lowest BCUT2D eigenvalue weighted by Crippen LogP contribution is -2.41. The van der Waals surface area contributed by atoms with Gasteiger partial charge in [-0.1, -0.05) is 30.7 Å². The van der Waals surface area contributed by atoms with Gasteiger partial charge in [-0.05, 0) is 24.0 Å². The van der Waals surface area contributed by atoms with Crippen molar-refractivity contribution < 1.29 is 9.90 Å². The number of thioether (sulfide) groups is 1. The third-order valence-electron chi connectivity index (χ3n) is 2.71. The van der Waals surface area contributed by atoms with E-state index in [2.05, 4.69) is 10.6 Å². The molecule has 4 nitrogen and oxygen atoms in total. The maximum absolute atomic E-state index is 11.7. The van der Waals surface area contributed by atoms with E-state index >= 15 is 0 Å². The second-order valence-electron chi connectivity index (χ2n) is 4.19. The number of aliphatic hydroxyl groups is 1. The Balaban J connectivity index is 2.52. The predicted octanol–water partition coefficient (Wildman–Crippen LogP) is 2.42. The fraction of sp³-hybridized carbons (Fsp3) is 0.462. The summed E-state index contributed by atoms with van der Waals surface area (Å²) in [7, 11) is 0. The Bertz CT molecular complexity index is 400. The molecule has 0 aliphatic heterocycles. The maximum atomic E-state index is 11.7. The Labute approximate surface area is 122 Å². The van der Waals surface area contributed by atoms with E-state index in [1.807, 2.05) is 13.2 Å². The molecular formula is C13H19ClN2O2S. The second-order valence-corrected chi connectivity index (χ2v) is 5.90.